The molecule has 3 aromatic carbocycles. The van der Waals surface area contributed by atoms with Gasteiger partial charge in [-0.2, -0.15) is 0 Å². The molecule has 6 nitrogen and oxygen atoms in total. The molecule has 6 heteroatoms. The summed E-state index contributed by atoms with van der Waals surface area (Å²) in [5.74, 6) is 1.97. The second-order valence-electron chi connectivity index (χ2n) is 11.2. The van der Waals surface area contributed by atoms with Crippen molar-refractivity contribution in [3.05, 3.63) is 71.8 Å². The average Bonchev–Trinajstić information content (AvgIpc) is 2.97. The molecule has 2 aliphatic heterocycles. The lowest BCUT2D eigenvalue weighted by molar-refractivity contribution is -0.132. The van der Waals surface area contributed by atoms with Gasteiger partial charge in [-0.05, 0) is 73.1 Å². The Balaban J connectivity index is 1.31. The van der Waals surface area contributed by atoms with Crippen LogP contribution < -0.4 is 9.47 Å². The number of nitrogens with zero attached hydrogens (tertiary/aromatic N) is 2. The van der Waals surface area contributed by atoms with Crippen LogP contribution in [0.3, 0.4) is 0 Å². The number of carbonyl (C=O) groups is 2. The van der Waals surface area contributed by atoms with Crippen LogP contribution in [0.5, 0.6) is 11.5 Å². The Morgan fingerprint density at radius 3 is 2.41 bits per heavy atom. The minimum Gasteiger partial charge on any atom is -0.496 e. The average molecular weight is 529 g/mol. The molecule has 0 N–H and O–H groups in total. The molecule has 5 rings (SSSR count). The number of benzene rings is 3. The van der Waals surface area contributed by atoms with Crippen LogP contribution in [0.1, 0.15) is 60.9 Å². The summed E-state index contributed by atoms with van der Waals surface area (Å²) in [7, 11) is 3.60. The third kappa shape index (κ3) is 6.05. The van der Waals surface area contributed by atoms with E-state index in [-0.39, 0.29) is 17.2 Å². The zero-order chi connectivity index (χ0) is 27.2. The molecule has 2 aliphatic rings. The molecule has 1 spiro atoms. The molecule has 0 saturated carbocycles. The van der Waals surface area contributed by atoms with Crippen molar-refractivity contribution in [1.82, 2.24) is 9.80 Å². The molecule has 3 aromatic rings. The molecule has 0 atom stereocenters. The molecule has 0 radical (unpaired) electrons. The Kier molecular flexibility index (Phi) is 8.39. The van der Waals surface area contributed by atoms with Gasteiger partial charge in [-0.3, -0.25) is 9.59 Å². The molecular weight excluding hydrogens is 488 g/mol. The lowest BCUT2D eigenvalue weighted by Gasteiger charge is -2.44. The lowest BCUT2D eigenvalue weighted by Crippen LogP contribution is -2.48. The summed E-state index contributed by atoms with van der Waals surface area (Å²) in [6.07, 6.45) is 7.24. The van der Waals surface area contributed by atoms with Crippen molar-refractivity contribution in [2.45, 2.75) is 51.4 Å². The Hall–Kier alpha value is -3.54. The number of methoxy groups -OCH3 is 1. The normalized spacial score (nSPS) is 18.8. The first-order valence-corrected chi connectivity index (χ1v) is 14.3. The summed E-state index contributed by atoms with van der Waals surface area (Å²) in [5.41, 5.74) is 2.00. The Morgan fingerprint density at radius 1 is 0.872 bits per heavy atom. The van der Waals surface area contributed by atoms with Crippen LogP contribution in [0.15, 0.2) is 60.7 Å². The van der Waals surface area contributed by atoms with Crippen molar-refractivity contribution in [1.29, 1.82) is 0 Å². The van der Waals surface area contributed by atoms with Gasteiger partial charge in [0.15, 0.2) is 0 Å². The Labute approximate surface area is 231 Å². The summed E-state index contributed by atoms with van der Waals surface area (Å²) in [6, 6.07) is 20.0. The monoisotopic (exact) mass is 528 g/mol. The summed E-state index contributed by atoms with van der Waals surface area (Å²) in [4.78, 5) is 30.6. The molecule has 39 heavy (non-hydrogen) atoms. The SMILES string of the molecule is COc1ccc(C(=O)N2CCC3(CCCCc4ccccc4OCCCC(=O)N(C)C3)CC2)c2ccccc12. The number of aryl methyl sites for hydroxylation is 1. The quantitative estimate of drug-likeness (QED) is 0.402. The molecule has 206 valence electrons. The topological polar surface area (TPSA) is 59.1 Å². The largest absolute Gasteiger partial charge is 0.496 e. The highest BCUT2D eigenvalue weighted by Gasteiger charge is 2.37. The minimum absolute atomic E-state index is 0.0311. The molecule has 0 unspecified atom stereocenters. The number of amides is 2. The van der Waals surface area contributed by atoms with Crippen LogP contribution in [0.4, 0.5) is 0 Å². The fourth-order valence-corrected chi connectivity index (χ4v) is 6.33. The van der Waals surface area contributed by atoms with E-state index in [0.29, 0.717) is 32.5 Å². The van der Waals surface area contributed by atoms with E-state index >= 15 is 0 Å². The van der Waals surface area contributed by atoms with Crippen LogP contribution in [-0.4, -0.2) is 62.0 Å². The Morgan fingerprint density at radius 2 is 1.62 bits per heavy atom. The highest BCUT2D eigenvalue weighted by Crippen LogP contribution is 2.39. The van der Waals surface area contributed by atoms with E-state index in [1.54, 1.807) is 7.11 Å². The van der Waals surface area contributed by atoms with Gasteiger partial charge in [-0.25, -0.2) is 0 Å². The highest BCUT2D eigenvalue weighted by molar-refractivity contribution is 6.08. The number of likely N-dealkylation sites (tertiary alicyclic amines) is 1. The zero-order valence-electron chi connectivity index (χ0n) is 23.3. The smallest absolute Gasteiger partial charge is 0.254 e. The van der Waals surface area contributed by atoms with Crippen molar-refractivity contribution in [3.63, 3.8) is 0 Å². The number of para-hydroxylation sites is 1. The van der Waals surface area contributed by atoms with Gasteiger partial charge in [-0.15, -0.1) is 0 Å². The molecule has 0 aromatic heterocycles. The van der Waals surface area contributed by atoms with Gasteiger partial charge in [0.25, 0.3) is 5.91 Å². The van der Waals surface area contributed by atoms with Crippen LogP contribution in [0, 0.1) is 5.41 Å². The molecule has 0 bridgehead atoms. The van der Waals surface area contributed by atoms with Crippen molar-refractivity contribution in [2.24, 2.45) is 5.41 Å². The van der Waals surface area contributed by atoms with E-state index in [0.717, 1.165) is 72.9 Å². The molecule has 2 heterocycles. The van der Waals surface area contributed by atoms with Crippen molar-refractivity contribution < 1.29 is 19.1 Å². The maximum absolute atomic E-state index is 13.7. The van der Waals surface area contributed by atoms with Gasteiger partial charge in [0.1, 0.15) is 11.5 Å². The highest BCUT2D eigenvalue weighted by atomic mass is 16.5. The number of ether oxygens (including phenoxy) is 2. The van der Waals surface area contributed by atoms with Crippen molar-refractivity contribution >= 4 is 22.6 Å². The van der Waals surface area contributed by atoms with Gasteiger partial charge < -0.3 is 19.3 Å². The first-order chi connectivity index (χ1) is 19.0. The zero-order valence-corrected chi connectivity index (χ0v) is 23.3. The number of piperidine rings is 1. The van der Waals surface area contributed by atoms with Crippen LogP contribution in [-0.2, 0) is 11.2 Å². The van der Waals surface area contributed by atoms with E-state index in [9.17, 15) is 9.59 Å². The molecule has 2 amide bonds. The van der Waals surface area contributed by atoms with E-state index < -0.39 is 0 Å². The maximum Gasteiger partial charge on any atom is 0.254 e. The summed E-state index contributed by atoms with van der Waals surface area (Å²) >= 11 is 0. The van der Waals surface area contributed by atoms with E-state index in [4.69, 9.17) is 9.47 Å². The van der Waals surface area contributed by atoms with Crippen molar-refractivity contribution in [3.8, 4) is 11.5 Å². The standard InChI is InChI=1S/C33H40N2O4/c1-34-24-33(18-8-7-11-25-10-3-6-14-29(25)39-23-9-15-31(34)36)19-21-35(22-20-33)32(37)28-16-17-30(38-2)27-13-5-4-12-26(27)28/h3-6,10,12-14,16-17H,7-9,11,15,18-24H2,1-2H3. The molecule has 1 fully saturated rings. The minimum atomic E-state index is 0.0311. The number of carbonyl (C=O) groups excluding carboxylic acids is 2. The number of hydrogen-bond donors (Lipinski definition) is 0. The molecule has 1 saturated heterocycles. The van der Waals surface area contributed by atoms with Gasteiger partial charge in [0, 0.05) is 44.1 Å². The first kappa shape index (κ1) is 27.0. The predicted molar refractivity (Wildman–Crippen MR) is 154 cm³/mol. The fourth-order valence-electron chi connectivity index (χ4n) is 6.33. The number of hydrogen-bond acceptors (Lipinski definition) is 4. The lowest BCUT2D eigenvalue weighted by atomic mass is 9.73. The van der Waals surface area contributed by atoms with Crippen LogP contribution >= 0.6 is 0 Å². The summed E-state index contributed by atoms with van der Waals surface area (Å²) in [6.45, 7) is 2.71. The van der Waals surface area contributed by atoms with E-state index in [1.165, 1.54) is 5.56 Å². The third-order valence-electron chi connectivity index (χ3n) is 8.61. The van der Waals surface area contributed by atoms with Crippen molar-refractivity contribution in [2.75, 3.05) is 40.4 Å². The Bertz CT molecular complexity index is 1310. The molecular formula is C33H40N2O4. The second-order valence-corrected chi connectivity index (χ2v) is 11.2. The number of rotatable bonds is 2. The predicted octanol–water partition coefficient (Wildman–Crippen LogP) is 6.11. The van der Waals surface area contributed by atoms with Gasteiger partial charge >= 0.3 is 0 Å². The maximum atomic E-state index is 13.7. The van der Waals surface area contributed by atoms with Gasteiger partial charge in [0.2, 0.25) is 5.91 Å². The second kappa shape index (κ2) is 12.1. The van der Waals surface area contributed by atoms with E-state index in [1.807, 2.05) is 65.4 Å². The van der Waals surface area contributed by atoms with E-state index in [2.05, 4.69) is 12.1 Å². The first-order valence-electron chi connectivity index (χ1n) is 14.3. The van der Waals surface area contributed by atoms with Crippen LogP contribution in [0.25, 0.3) is 10.8 Å². The summed E-state index contributed by atoms with van der Waals surface area (Å²) in [5, 5.41) is 1.88. The van der Waals surface area contributed by atoms with Gasteiger partial charge in [0.05, 0.1) is 13.7 Å². The fraction of sp³-hybridized carbons (Fsp3) is 0.455. The third-order valence-corrected chi connectivity index (χ3v) is 8.61. The number of fused-ring (bicyclic) bond motifs is 2. The summed E-state index contributed by atoms with van der Waals surface area (Å²) < 4.78 is 11.6. The van der Waals surface area contributed by atoms with Gasteiger partial charge in [-0.1, -0.05) is 48.9 Å². The van der Waals surface area contributed by atoms with Crippen LogP contribution in [0.2, 0.25) is 0 Å². The molecule has 0 aliphatic carbocycles.